The maximum Gasteiger partial charge on any atom is 0.0198 e. The molecule has 0 bridgehead atoms. The van der Waals surface area contributed by atoms with Gasteiger partial charge in [-0.3, -0.25) is 0 Å². The smallest absolute Gasteiger partial charge is 0.0198 e. The van der Waals surface area contributed by atoms with E-state index in [1.54, 1.807) is 0 Å². The summed E-state index contributed by atoms with van der Waals surface area (Å²) in [4.78, 5) is 0. The summed E-state index contributed by atoms with van der Waals surface area (Å²) < 4.78 is 0. The molecule has 1 aliphatic rings. The van der Waals surface area contributed by atoms with Crippen LogP contribution in [0, 0.1) is 0 Å². The van der Waals surface area contributed by atoms with Crippen LogP contribution in [-0.2, 0) is 0 Å². The van der Waals surface area contributed by atoms with Crippen LogP contribution in [0.15, 0.2) is 54.6 Å². The van der Waals surface area contributed by atoms with Crippen LogP contribution in [0.2, 0.25) is 0 Å². The molecule has 1 aliphatic carbocycles. The summed E-state index contributed by atoms with van der Waals surface area (Å²) in [7, 11) is 0. The van der Waals surface area contributed by atoms with Crippen molar-refractivity contribution in [1.82, 2.24) is 0 Å². The molecule has 0 heteroatoms. The molecule has 0 saturated carbocycles. The van der Waals surface area contributed by atoms with Crippen LogP contribution >= 0.6 is 0 Å². The molecule has 0 N–H and O–H groups in total. The lowest BCUT2D eigenvalue weighted by atomic mass is 9.95. The maximum absolute atomic E-state index is 2.26. The Morgan fingerprint density at radius 2 is 1.58 bits per heavy atom. The van der Waals surface area contributed by atoms with Gasteiger partial charge in [-0.1, -0.05) is 54.6 Å². The lowest BCUT2D eigenvalue weighted by Gasteiger charge is -2.10. The fourth-order valence-corrected chi connectivity index (χ4v) is 1.49. The largest absolute Gasteiger partial charge is 0.0838 e. The predicted octanol–water partition coefficient (Wildman–Crippen LogP) is 3.29. The van der Waals surface area contributed by atoms with Crippen molar-refractivity contribution in [2.75, 3.05) is 0 Å². The quantitative estimate of drug-likeness (QED) is 0.547. The second kappa shape index (κ2) is 3.40. The standard InChI is InChI=1S/C12H12/c1-3-7-11(8-4-1)12-9-5-2-6-10-12/h1,3-10,12H,2H2. The molecule has 0 saturated heterocycles. The predicted molar refractivity (Wildman–Crippen MR) is 52.1 cm³/mol. The first-order valence-electron chi connectivity index (χ1n) is 4.35. The van der Waals surface area contributed by atoms with E-state index in [9.17, 15) is 0 Å². The first-order chi connectivity index (χ1) is 5.97. The minimum atomic E-state index is 0.500. The Hall–Kier alpha value is -1.30. The lowest BCUT2D eigenvalue weighted by molar-refractivity contribution is 1.04. The van der Waals surface area contributed by atoms with E-state index in [-0.39, 0.29) is 0 Å². The monoisotopic (exact) mass is 156 g/mol. The zero-order valence-corrected chi connectivity index (χ0v) is 6.98. The normalized spacial score (nSPS) is 16.7. The van der Waals surface area contributed by atoms with Crippen LogP contribution in [0.1, 0.15) is 17.9 Å². The van der Waals surface area contributed by atoms with E-state index in [0.717, 1.165) is 6.42 Å². The molecular formula is C12H12. The van der Waals surface area contributed by atoms with E-state index >= 15 is 0 Å². The third-order valence-corrected chi connectivity index (χ3v) is 2.14. The van der Waals surface area contributed by atoms with E-state index in [1.165, 1.54) is 5.56 Å². The average molecular weight is 156 g/mol. The highest BCUT2D eigenvalue weighted by Crippen LogP contribution is 2.21. The molecule has 0 spiro atoms. The molecule has 0 heterocycles. The van der Waals surface area contributed by atoms with Gasteiger partial charge in [0.05, 0.1) is 0 Å². The van der Waals surface area contributed by atoms with Gasteiger partial charge in [0.2, 0.25) is 0 Å². The van der Waals surface area contributed by atoms with Crippen LogP contribution in [0.3, 0.4) is 0 Å². The van der Waals surface area contributed by atoms with Gasteiger partial charge in [0.25, 0.3) is 0 Å². The molecule has 0 aromatic heterocycles. The van der Waals surface area contributed by atoms with Crippen molar-refractivity contribution in [3.8, 4) is 0 Å². The summed E-state index contributed by atoms with van der Waals surface area (Å²) in [5.41, 5.74) is 1.38. The third kappa shape index (κ3) is 1.48. The van der Waals surface area contributed by atoms with Gasteiger partial charge in [0.15, 0.2) is 0 Å². The highest BCUT2D eigenvalue weighted by Gasteiger charge is 2.03. The van der Waals surface area contributed by atoms with Gasteiger partial charge in [-0.25, -0.2) is 0 Å². The Morgan fingerprint density at radius 1 is 0.917 bits per heavy atom. The SMILES string of the molecule is C1=CC(c2ccccc2)C=CC1. The van der Waals surface area contributed by atoms with Gasteiger partial charge >= 0.3 is 0 Å². The second-order valence-electron chi connectivity index (χ2n) is 3.03. The molecule has 0 fully saturated rings. The van der Waals surface area contributed by atoms with Crippen LogP contribution in [0.25, 0.3) is 0 Å². The van der Waals surface area contributed by atoms with Crippen LogP contribution < -0.4 is 0 Å². The minimum absolute atomic E-state index is 0.500. The van der Waals surface area contributed by atoms with Crippen molar-refractivity contribution in [3.63, 3.8) is 0 Å². The fourth-order valence-electron chi connectivity index (χ4n) is 1.49. The summed E-state index contributed by atoms with van der Waals surface area (Å²) in [6.45, 7) is 0. The van der Waals surface area contributed by atoms with Gasteiger partial charge < -0.3 is 0 Å². The van der Waals surface area contributed by atoms with Gasteiger partial charge in [-0.2, -0.15) is 0 Å². The Balaban J connectivity index is 2.25. The van der Waals surface area contributed by atoms with E-state index in [4.69, 9.17) is 0 Å². The van der Waals surface area contributed by atoms with E-state index < -0.39 is 0 Å². The van der Waals surface area contributed by atoms with Crippen molar-refractivity contribution >= 4 is 0 Å². The van der Waals surface area contributed by atoms with Crippen molar-refractivity contribution in [3.05, 3.63) is 60.2 Å². The Bertz CT molecular complexity index is 281. The molecule has 0 atom stereocenters. The molecule has 1 aromatic rings. The molecule has 0 unspecified atom stereocenters. The summed E-state index contributed by atoms with van der Waals surface area (Å²) in [6, 6.07) is 10.6. The highest BCUT2D eigenvalue weighted by atomic mass is 14.1. The van der Waals surface area contributed by atoms with Crippen molar-refractivity contribution in [2.24, 2.45) is 0 Å². The molecule has 0 radical (unpaired) electrons. The average Bonchev–Trinajstić information content (AvgIpc) is 2.21. The van der Waals surface area contributed by atoms with Crippen LogP contribution in [-0.4, -0.2) is 0 Å². The Kier molecular flexibility index (Phi) is 2.08. The first kappa shape index (κ1) is 7.35. The zero-order valence-electron chi connectivity index (χ0n) is 6.98. The zero-order chi connectivity index (χ0) is 8.23. The number of allylic oxidation sites excluding steroid dienone is 4. The van der Waals surface area contributed by atoms with E-state index in [0.29, 0.717) is 5.92 Å². The number of rotatable bonds is 1. The Morgan fingerprint density at radius 3 is 2.25 bits per heavy atom. The van der Waals surface area contributed by atoms with E-state index in [1.807, 2.05) is 0 Å². The summed E-state index contributed by atoms with van der Waals surface area (Å²) in [5.74, 6) is 0.500. The van der Waals surface area contributed by atoms with Crippen LogP contribution in [0.4, 0.5) is 0 Å². The van der Waals surface area contributed by atoms with Crippen molar-refractivity contribution < 1.29 is 0 Å². The van der Waals surface area contributed by atoms with E-state index in [2.05, 4.69) is 54.6 Å². The van der Waals surface area contributed by atoms with Crippen molar-refractivity contribution in [1.29, 1.82) is 0 Å². The molecule has 1 aromatic carbocycles. The van der Waals surface area contributed by atoms with Crippen molar-refractivity contribution in [2.45, 2.75) is 12.3 Å². The topological polar surface area (TPSA) is 0 Å². The maximum atomic E-state index is 2.26. The first-order valence-corrected chi connectivity index (χ1v) is 4.35. The second-order valence-corrected chi connectivity index (χ2v) is 3.03. The number of hydrogen-bond acceptors (Lipinski definition) is 0. The summed E-state index contributed by atoms with van der Waals surface area (Å²) in [6.07, 6.45) is 10.0. The molecule has 0 amide bonds. The van der Waals surface area contributed by atoms with Gasteiger partial charge in [0.1, 0.15) is 0 Å². The minimum Gasteiger partial charge on any atom is -0.0838 e. The molecule has 0 aliphatic heterocycles. The molecule has 60 valence electrons. The fraction of sp³-hybridized carbons (Fsp3) is 0.167. The molecule has 2 rings (SSSR count). The lowest BCUT2D eigenvalue weighted by Crippen LogP contribution is -1.92. The van der Waals surface area contributed by atoms with Gasteiger partial charge in [-0.05, 0) is 12.0 Å². The molecule has 12 heavy (non-hydrogen) atoms. The molecule has 0 nitrogen and oxygen atoms in total. The summed E-state index contributed by atoms with van der Waals surface area (Å²) >= 11 is 0. The third-order valence-electron chi connectivity index (χ3n) is 2.14. The van der Waals surface area contributed by atoms with Crippen LogP contribution in [0.5, 0.6) is 0 Å². The van der Waals surface area contributed by atoms with Gasteiger partial charge in [-0.15, -0.1) is 0 Å². The molecular weight excluding hydrogens is 144 g/mol. The summed E-state index contributed by atoms with van der Waals surface area (Å²) in [5, 5.41) is 0. The Labute approximate surface area is 73.2 Å². The number of benzene rings is 1. The van der Waals surface area contributed by atoms with Gasteiger partial charge in [0, 0.05) is 5.92 Å². The number of hydrogen-bond donors (Lipinski definition) is 0. The highest BCUT2D eigenvalue weighted by molar-refractivity contribution is 5.30.